The molecule has 1 unspecified atom stereocenters. The standard InChI is InChI=1S/C16H29N6.CH4.HI/c1-13(14-9-7-6-8-10-14)22(4,5)12-11-19-15(17)20-16(18)21(2)3;;/h6-10,13H,11-12H2,1-5H3,(H4,17,18,19,20);1H4;1H/q+1;;/p-1. The summed E-state index contributed by atoms with van der Waals surface area (Å²) in [6.45, 7) is 3.71. The average Bonchev–Trinajstić information content (AvgIpc) is 2.46. The Labute approximate surface area is 164 Å². The number of hydrogen-bond donors (Lipinski definition) is 2. The van der Waals surface area contributed by atoms with Gasteiger partial charge in [-0.1, -0.05) is 37.8 Å². The largest absolute Gasteiger partial charge is 1.00 e. The predicted molar refractivity (Wildman–Crippen MR) is 100 cm³/mol. The van der Waals surface area contributed by atoms with Crippen molar-refractivity contribution in [3.8, 4) is 0 Å². The van der Waals surface area contributed by atoms with Crippen molar-refractivity contribution in [3.05, 3.63) is 35.9 Å². The van der Waals surface area contributed by atoms with Crippen molar-refractivity contribution in [2.45, 2.75) is 20.4 Å². The van der Waals surface area contributed by atoms with Crippen molar-refractivity contribution < 1.29 is 28.5 Å². The van der Waals surface area contributed by atoms with Crippen LogP contribution in [0.15, 0.2) is 40.3 Å². The predicted octanol–water partition coefficient (Wildman–Crippen LogP) is -1.34. The Balaban J connectivity index is 0. The fourth-order valence-electron chi connectivity index (χ4n) is 2.00. The molecule has 0 fully saturated rings. The number of aliphatic imine (C=N–C) groups is 2. The first-order valence-electron chi connectivity index (χ1n) is 7.43. The Morgan fingerprint density at radius 1 is 1.17 bits per heavy atom. The van der Waals surface area contributed by atoms with Crippen LogP contribution in [0.1, 0.15) is 26.0 Å². The molecule has 0 radical (unpaired) electrons. The molecule has 0 aliphatic carbocycles. The summed E-state index contributed by atoms with van der Waals surface area (Å²) in [5.41, 5.74) is 12.8. The molecule has 24 heavy (non-hydrogen) atoms. The molecule has 0 heterocycles. The van der Waals surface area contributed by atoms with E-state index < -0.39 is 0 Å². The van der Waals surface area contributed by atoms with Gasteiger partial charge < -0.3 is 44.8 Å². The van der Waals surface area contributed by atoms with Crippen LogP contribution in [0, 0.1) is 0 Å². The first kappa shape index (κ1) is 24.9. The summed E-state index contributed by atoms with van der Waals surface area (Å²) in [6, 6.07) is 10.9. The third kappa shape index (κ3) is 7.96. The fraction of sp³-hybridized carbons (Fsp3) is 0.529. The van der Waals surface area contributed by atoms with Crippen LogP contribution >= 0.6 is 0 Å². The molecule has 1 aromatic rings. The van der Waals surface area contributed by atoms with Gasteiger partial charge in [0.05, 0.1) is 27.2 Å². The lowest BCUT2D eigenvalue weighted by atomic mass is 10.1. The van der Waals surface area contributed by atoms with Gasteiger partial charge in [-0.3, -0.25) is 0 Å². The highest BCUT2D eigenvalue weighted by Crippen LogP contribution is 2.23. The van der Waals surface area contributed by atoms with Gasteiger partial charge in [-0.25, -0.2) is 4.99 Å². The minimum absolute atomic E-state index is 0. The van der Waals surface area contributed by atoms with E-state index in [1.807, 2.05) is 20.2 Å². The highest BCUT2D eigenvalue weighted by molar-refractivity contribution is 5.93. The Morgan fingerprint density at radius 2 is 1.71 bits per heavy atom. The topological polar surface area (TPSA) is 80.0 Å². The summed E-state index contributed by atoms with van der Waals surface area (Å²) in [5, 5.41) is 0. The number of guanidine groups is 2. The van der Waals surface area contributed by atoms with Gasteiger partial charge in [0.25, 0.3) is 0 Å². The molecule has 0 spiro atoms. The molecule has 6 nitrogen and oxygen atoms in total. The second-order valence-electron chi connectivity index (χ2n) is 6.19. The summed E-state index contributed by atoms with van der Waals surface area (Å²) >= 11 is 0. The molecule has 1 atom stereocenters. The number of hydrogen-bond acceptors (Lipinski definition) is 1. The Bertz CT molecular complexity index is 525. The highest BCUT2D eigenvalue weighted by atomic mass is 127. The van der Waals surface area contributed by atoms with E-state index in [0.29, 0.717) is 18.5 Å². The summed E-state index contributed by atoms with van der Waals surface area (Å²) in [6.07, 6.45) is 0. The maximum atomic E-state index is 5.78. The number of halogens is 1. The maximum absolute atomic E-state index is 5.78. The Morgan fingerprint density at radius 3 is 2.21 bits per heavy atom. The molecular weight excluding hydrogens is 415 g/mol. The SMILES string of the molecule is C.CC(c1ccccc1)[N+](C)(C)CCN=C(N)N=C(N)N(C)C.[I-]. The van der Waals surface area contributed by atoms with Gasteiger partial charge in [0.15, 0.2) is 5.96 Å². The number of nitrogens with two attached hydrogens (primary N) is 2. The van der Waals surface area contributed by atoms with Gasteiger partial charge in [-0.05, 0) is 6.92 Å². The fourth-order valence-corrected chi connectivity index (χ4v) is 2.00. The van der Waals surface area contributed by atoms with Crippen molar-refractivity contribution >= 4 is 11.9 Å². The second kappa shape index (κ2) is 11.2. The van der Waals surface area contributed by atoms with Crippen LogP contribution < -0.4 is 35.4 Å². The van der Waals surface area contributed by atoms with Crippen LogP contribution in [0.4, 0.5) is 0 Å². The van der Waals surface area contributed by atoms with E-state index in [1.165, 1.54) is 5.56 Å². The van der Waals surface area contributed by atoms with Crippen molar-refractivity contribution in [1.82, 2.24) is 4.90 Å². The lowest BCUT2D eigenvalue weighted by Crippen LogP contribution is -3.00. The normalized spacial score (nSPS) is 13.5. The van der Waals surface area contributed by atoms with Crippen LogP contribution in [0.3, 0.4) is 0 Å². The number of benzene rings is 1. The molecule has 138 valence electrons. The van der Waals surface area contributed by atoms with Gasteiger partial charge >= 0.3 is 0 Å². The van der Waals surface area contributed by atoms with Crippen molar-refractivity contribution in [1.29, 1.82) is 0 Å². The van der Waals surface area contributed by atoms with Gasteiger partial charge in [0.1, 0.15) is 6.04 Å². The minimum Gasteiger partial charge on any atom is -1.00 e. The Hall–Kier alpha value is -1.35. The third-order valence-corrected chi connectivity index (χ3v) is 3.97. The second-order valence-corrected chi connectivity index (χ2v) is 6.19. The first-order valence-corrected chi connectivity index (χ1v) is 7.43. The lowest BCUT2D eigenvalue weighted by Gasteiger charge is -2.36. The lowest BCUT2D eigenvalue weighted by molar-refractivity contribution is -0.917. The number of nitrogens with zero attached hydrogens (tertiary/aromatic N) is 4. The summed E-state index contributed by atoms with van der Waals surface area (Å²) in [7, 11) is 8.02. The maximum Gasteiger partial charge on any atom is 0.218 e. The number of likely N-dealkylation sites (N-methyl/N-ethyl adjacent to an activating group) is 1. The number of quaternary nitrogens is 1. The minimum atomic E-state index is 0. The van der Waals surface area contributed by atoms with Gasteiger partial charge in [-0.15, -0.1) is 0 Å². The molecule has 0 aromatic heterocycles. The third-order valence-electron chi connectivity index (χ3n) is 3.97. The molecule has 7 heteroatoms. The van der Waals surface area contributed by atoms with Crippen LogP contribution in [0.5, 0.6) is 0 Å². The monoisotopic (exact) mass is 448 g/mol. The average molecular weight is 448 g/mol. The molecule has 0 saturated heterocycles. The summed E-state index contributed by atoms with van der Waals surface area (Å²) < 4.78 is 0.827. The summed E-state index contributed by atoms with van der Waals surface area (Å²) in [4.78, 5) is 10.0. The molecule has 0 amide bonds. The van der Waals surface area contributed by atoms with E-state index in [2.05, 4.69) is 55.3 Å². The molecule has 0 bridgehead atoms. The van der Waals surface area contributed by atoms with Gasteiger partial charge in [0.2, 0.25) is 5.96 Å². The molecule has 0 aliphatic rings. The first-order chi connectivity index (χ1) is 10.2. The van der Waals surface area contributed by atoms with Gasteiger partial charge in [-0.2, -0.15) is 4.99 Å². The number of rotatable bonds is 5. The van der Waals surface area contributed by atoms with Crippen LogP contribution in [0.25, 0.3) is 0 Å². The molecule has 1 aromatic carbocycles. The van der Waals surface area contributed by atoms with Crippen molar-refractivity contribution in [3.63, 3.8) is 0 Å². The van der Waals surface area contributed by atoms with Crippen molar-refractivity contribution in [2.75, 3.05) is 41.3 Å². The van der Waals surface area contributed by atoms with Gasteiger partial charge in [0, 0.05) is 19.7 Å². The summed E-state index contributed by atoms with van der Waals surface area (Å²) in [5.74, 6) is 0.575. The molecular formula is C17H33IN6. The highest BCUT2D eigenvalue weighted by Gasteiger charge is 2.24. The quantitative estimate of drug-likeness (QED) is 0.253. The van der Waals surface area contributed by atoms with Crippen LogP contribution in [-0.4, -0.2) is 62.6 Å². The zero-order valence-electron chi connectivity index (χ0n) is 14.7. The van der Waals surface area contributed by atoms with Crippen LogP contribution in [0.2, 0.25) is 0 Å². The van der Waals surface area contributed by atoms with E-state index in [9.17, 15) is 0 Å². The van der Waals surface area contributed by atoms with E-state index in [0.717, 1.165) is 11.0 Å². The van der Waals surface area contributed by atoms with Crippen molar-refractivity contribution in [2.24, 2.45) is 21.5 Å². The van der Waals surface area contributed by atoms with Crippen LogP contribution in [-0.2, 0) is 0 Å². The molecule has 0 aliphatic heterocycles. The van der Waals surface area contributed by atoms with E-state index in [-0.39, 0.29) is 37.4 Å². The smallest absolute Gasteiger partial charge is 0.218 e. The molecule has 4 N–H and O–H groups in total. The van der Waals surface area contributed by atoms with E-state index >= 15 is 0 Å². The zero-order valence-corrected chi connectivity index (χ0v) is 16.9. The van der Waals surface area contributed by atoms with E-state index in [4.69, 9.17) is 11.5 Å². The molecule has 1 rings (SSSR count). The molecule has 0 saturated carbocycles. The Kier molecular flexibility index (Phi) is 11.7. The zero-order chi connectivity index (χ0) is 16.8. The van der Waals surface area contributed by atoms with E-state index in [1.54, 1.807) is 4.90 Å².